The van der Waals surface area contributed by atoms with Gasteiger partial charge >= 0.3 is 0 Å². The minimum Gasteiger partial charge on any atom is -0.497 e. The Morgan fingerprint density at radius 2 is 1.78 bits per heavy atom. The second-order valence-electron chi connectivity index (χ2n) is 5.74. The molecule has 1 N–H and O–H groups in total. The Hall–Kier alpha value is -3.19. The number of nitrogens with zero attached hydrogens (tertiary/aromatic N) is 3. The monoisotopic (exact) mass is 378 g/mol. The van der Waals surface area contributed by atoms with Gasteiger partial charge in [0.15, 0.2) is 10.9 Å². The molecule has 0 aliphatic heterocycles. The number of benzene rings is 2. The number of aromatic nitrogens is 3. The molecule has 4 aromatic rings. The summed E-state index contributed by atoms with van der Waals surface area (Å²) in [5, 5.41) is 12.5. The highest BCUT2D eigenvalue weighted by atomic mass is 32.1. The number of rotatable bonds is 6. The number of methoxy groups -OCH3 is 1. The molecule has 0 aliphatic rings. The topological polar surface area (TPSA) is 69.2 Å². The van der Waals surface area contributed by atoms with Gasteiger partial charge in [0.25, 0.3) is 0 Å². The molecule has 0 bridgehead atoms. The van der Waals surface area contributed by atoms with Gasteiger partial charge in [0, 0.05) is 5.56 Å². The van der Waals surface area contributed by atoms with E-state index in [4.69, 9.17) is 9.47 Å². The van der Waals surface area contributed by atoms with Crippen molar-refractivity contribution >= 4 is 32.5 Å². The zero-order valence-electron chi connectivity index (χ0n) is 15.0. The molecule has 0 saturated carbocycles. The first kappa shape index (κ1) is 17.2. The number of hydrogen-bond donors (Lipinski definition) is 1. The van der Waals surface area contributed by atoms with E-state index in [1.54, 1.807) is 18.4 Å². The molecule has 6 nitrogen and oxygen atoms in total. The molecule has 0 radical (unpaired) electrons. The van der Waals surface area contributed by atoms with Crippen LogP contribution in [-0.4, -0.2) is 28.9 Å². The van der Waals surface area contributed by atoms with Crippen LogP contribution in [0, 0.1) is 0 Å². The standard InChI is InChI=1S/C20H18N4O2S/c1-3-26-15-8-9-17-18(12-15)27-20(21-17)22-19-11-10-16(23-24-19)13-4-6-14(25-2)7-5-13/h4-12H,3H2,1-2H3,(H,21,22,24). The van der Waals surface area contributed by atoms with Gasteiger partial charge in [-0.1, -0.05) is 11.3 Å². The van der Waals surface area contributed by atoms with Gasteiger partial charge in [0.2, 0.25) is 0 Å². The predicted molar refractivity (Wildman–Crippen MR) is 108 cm³/mol. The average molecular weight is 378 g/mol. The highest BCUT2D eigenvalue weighted by Crippen LogP contribution is 2.31. The largest absolute Gasteiger partial charge is 0.497 e. The Balaban J connectivity index is 1.51. The summed E-state index contributed by atoms with van der Waals surface area (Å²) in [5.41, 5.74) is 2.71. The molecule has 2 heterocycles. The van der Waals surface area contributed by atoms with Gasteiger partial charge < -0.3 is 14.8 Å². The van der Waals surface area contributed by atoms with Crippen LogP contribution < -0.4 is 14.8 Å². The lowest BCUT2D eigenvalue weighted by Gasteiger charge is -2.04. The van der Waals surface area contributed by atoms with Crippen LogP contribution in [0.15, 0.2) is 54.6 Å². The van der Waals surface area contributed by atoms with E-state index in [9.17, 15) is 0 Å². The van der Waals surface area contributed by atoms with Gasteiger partial charge in [-0.05, 0) is 61.5 Å². The van der Waals surface area contributed by atoms with E-state index in [0.717, 1.165) is 38.1 Å². The summed E-state index contributed by atoms with van der Waals surface area (Å²) in [7, 11) is 1.65. The SMILES string of the molecule is CCOc1ccc2nc(Nc3ccc(-c4ccc(OC)cc4)nn3)sc2c1. The van der Waals surface area contributed by atoms with E-state index < -0.39 is 0 Å². The van der Waals surface area contributed by atoms with Crippen LogP contribution in [0.1, 0.15) is 6.92 Å². The highest BCUT2D eigenvalue weighted by Gasteiger charge is 2.07. The van der Waals surface area contributed by atoms with Crippen LogP contribution in [0.3, 0.4) is 0 Å². The quantitative estimate of drug-likeness (QED) is 0.514. The summed E-state index contributed by atoms with van der Waals surface area (Å²) >= 11 is 1.55. The molecule has 0 spiro atoms. The van der Waals surface area contributed by atoms with E-state index in [-0.39, 0.29) is 0 Å². The van der Waals surface area contributed by atoms with Gasteiger partial charge in [-0.25, -0.2) is 4.98 Å². The highest BCUT2D eigenvalue weighted by molar-refractivity contribution is 7.22. The van der Waals surface area contributed by atoms with Gasteiger partial charge in [0.1, 0.15) is 11.5 Å². The van der Waals surface area contributed by atoms with Gasteiger partial charge in [-0.2, -0.15) is 0 Å². The van der Waals surface area contributed by atoms with Crippen LogP contribution in [0.4, 0.5) is 10.9 Å². The van der Waals surface area contributed by atoms with Crippen molar-refractivity contribution in [3.8, 4) is 22.8 Å². The van der Waals surface area contributed by atoms with Crippen LogP contribution in [0.5, 0.6) is 11.5 Å². The lowest BCUT2D eigenvalue weighted by Crippen LogP contribution is -1.96. The van der Waals surface area contributed by atoms with E-state index in [2.05, 4.69) is 20.5 Å². The first-order valence-electron chi connectivity index (χ1n) is 8.54. The number of nitrogens with one attached hydrogen (secondary N) is 1. The third-order valence-electron chi connectivity index (χ3n) is 3.96. The predicted octanol–water partition coefficient (Wildman–Crippen LogP) is 4.90. The Morgan fingerprint density at radius 1 is 0.963 bits per heavy atom. The number of thiazole rings is 1. The second kappa shape index (κ2) is 7.59. The summed E-state index contributed by atoms with van der Waals surface area (Å²) in [6.07, 6.45) is 0. The van der Waals surface area contributed by atoms with Gasteiger partial charge in [-0.3, -0.25) is 0 Å². The molecule has 7 heteroatoms. The molecule has 0 fully saturated rings. The summed E-state index contributed by atoms with van der Waals surface area (Å²) in [5.74, 6) is 2.31. The van der Waals surface area contributed by atoms with Crippen molar-refractivity contribution in [2.45, 2.75) is 6.92 Å². The van der Waals surface area contributed by atoms with Crippen molar-refractivity contribution in [2.24, 2.45) is 0 Å². The maximum Gasteiger partial charge on any atom is 0.189 e. The molecule has 136 valence electrons. The number of hydrogen-bond acceptors (Lipinski definition) is 7. The van der Waals surface area contributed by atoms with Crippen LogP contribution >= 0.6 is 11.3 Å². The Kier molecular flexibility index (Phi) is 4.84. The molecule has 0 amide bonds. The van der Waals surface area contributed by atoms with Crippen molar-refractivity contribution in [1.82, 2.24) is 15.2 Å². The maximum atomic E-state index is 5.54. The molecular formula is C20H18N4O2S. The fraction of sp³-hybridized carbons (Fsp3) is 0.150. The lowest BCUT2D eigenvalue weighted by molar-refractivity contribution is 0.341. The molecule has 0 atom stereocenters. The number of anilines is 2. The lowest BCUT2D eigenvalue weighted by atomic mass is 10.1. The fourth-order valence-corrected chi connectivity index (χ4v) is 3.54. The average Bonchev–Trinajstić information content (AvgIpc) is 3.10. The van der Waals surface area contributed by atoms with Crippen molar-refractivity contribution in [2.75, 3.05) is 19.0 Å². The van der Waals surface area contributed by atoms with Gasteiger partial charge in [0.05, 0.1) is 29.6 Å². The molecular weight excluding hydrogens is 360 g/mol. The maximum absolute atomic E-state index is 5.54. The Labute approximate surface area is 160 Å². The minimum absolute atomic E-state index is 0.644. The summed E-state index contributed by atoms with van der Waals surface area (Å²) < 4.78 is 11.8. The zero-order valence-corrected chi connectivity index (χ0v) is 15.8. The van der Waals surface area contributed by atoms with Gasteiger partial charge in [-0.15, -0.1) is 10.2 Å². The first-order chi connectivity index (χ1) is 13.2. The van der Waals surface area contributed by atoms with Crippen molar-refractivity contribution in [1.29, 1.82) is 0 Å². The molecule has 0 aliphatic carbocycles. The third-order valence-corrected chi connectivity index (χ3v) is 4.89. The summed E-state index contributed by atoms with van der Waals surface area (Å²) in [6.45, 7) is 2.61. The Bertz CT molecular complexity index is 1050. The van der Waals surface area contributed by atoms with Crippen LogP contribution in [0.2, 0.25) is 0 Å². The van der Waals surface area contributed by atoms with Crippen LogP contribution in [-0.2, 0) is 0 Å². The van der Waals surface area contributed by atoms with E-state index in [1.165, 1.54) is 0 Å². The molecule has 0 unspecified atom stereocenters. The van der Waals surface area contributed by atoms with Crippen molar-refractivity contribution < 1.29 is 9.47 Å². The Morgan fingerprint density at radius 3 is 2.48 bits per heavy atom. The first-order valence-corrected chi connectivity index (χ1v) is 9.35. The third kappa shape index (κ3) is 3.83. The van der Waals surface area contributed by atoms with E-state index >= 15 is 0 Å². The van der Waals surface area contributed by atoms with Crippen molar-refractivity contribution in [3.63, 3.8) is 0 Å². The summed E-state index contributed by atoms with van der Waals surface area (Å²) in [4.78, 5) is 4.58. The number of fused-ring (bicyclic) bond motifs is 1. The molecule has 4 rings (SSSR count). The zero-order chi connectivity index (χ0) is 18.6. The van der Waals surface area contributed by atoms with E-state index in [1.807, 2.05) is 61.5 Å². The molecule has 27 heavy (non-hydrogen) atoms. The minimum atomic E-state index is 0.644. The van der Waals surface area contributed by atoms with Crippen LogP contribution in [0.25, 0.3) is 21.5 Å². The second-order valence-corrected chi connectivity index (χ2v) is 6.77. The van der Waals surface area contributed by atoms with E-state index in [0.29, 0.717) is 12.4 Å². The fourth-order valence-electron chi connectivity index (χ4n) is 2.64. The number of ether oxygens (including phenoxy) is 2. The summed E-state index contributed by atoms with van der Waals surface area (Å²) in [6, 6.07) is 17.4. The molecule has 2 aromatic carbocycles. The molecule has 2 aromatic heterocycles. The smallest absolute Gasteiger partial charge is 0.189 e. The molecule has 0 saturated heterocycles. The normalized spacial score (nSPS) is 10.7. The van der Waals surface area contributed by atoms with Crippen molar-refractivity contribution in [3.05, 3.63) is 54.6 Å².